The molecule has 2 radical (unpaired) electrons. The lowest BCUT2D eigenvalue weighted by atomic mass is 9.43. The van der Waals surface area contributed by atoms with E-state index in [1.165, 1.54) is 127 Å². The zero-order valence-corrected chi connectivity index (χ0v) is 47.6. The molecule has 6 nitrogen and oxygen atoms in total. The number of nitrogens with zero attached hydrogens (tertiary/aromatic N) is 2. The van der Waals surface area contributed by atoms with Crippen molar-refractivity contribution in [3.8, 4) is 0 Å². The van der Waals surface area contributed by atoms with E-state index in [9.17, 15) is 9.90 Å². The third-order valence-electron chi connectivity index (χ3n) is 24.1. The number of aromatic nitrogens is 2. The number of ether oxygens (including phenoxy) is 1. The van der Waals surface area contributed by atoms with Crippen LogP contribution in [-0.2, 0) is 4.74 Å². The van der Waals surface area contributed by atoms with Crippen LogP contribution in [0.3, 0.4) is 0 Å². The molecule has 1 heterocycles. The second-order valence-electron chi connectivity index (χ2n) is 28.3. The predicted molar refractivity (Wildman–Crippen MR) is 299 cm³/mol. The highest BCUT2D eigenvalue weighted by atomic mass is 16.6. The molecule has 14 atom stereocenters. The Hall–Kier alpha value is -2.34. The summed E-state index contributed by atoms with van der Waals surface area (Å²) < 4.78 is 10.8. The van der Waals surface area contributed by atoms with Crippen molar-refractivity contribution in [2.75, 3.05) is 0 Å². The van der Waals surface area contributed by atoms with E-state index in [1.54, 1.807) is 5.57 Å². The minimum absolute atomic E-state index is 0.0214. The van der Waals surface area contributed by atoms with E-state index < -0.39 is 5.97 Å². The Labute approximate surface area is 436 Å². The number of carbonyl (C=O) groups is 1. The minimum Gasteiger partial charge on any atom is -0.456 e. The average Bonchev–Trinajstić information content (AvgIpc) is 4.02. The number of carbonyl (C=O) groups excluding carboxylic acids is 1. The second-order valence-corrected chi connectivity index (χ2v) is 28.3. The maximum atomic E-state index is 12.7. The Bertz CT molecular complexity index is 2200. The van der Waals surface area contributed by atoms with Gasteiger partial charge in [0.25, 0.3) is 5.82 Å². The predicted octanol–water partition coefficient (Wildman–Crippen LogP) is 15.6. The van der Waals surface area contributed by atoms with Gasteiger partial charge in [-0.3, -0.25) is 0 Å². The summed E-state index contributed by atoms with van der Waals surface area (Å²) >= 11 is 0. The molecule has 4 saturated carbocycles. The third-order valence-corrected chi connectivity index (χ3v) is 24.1. The summed E-state index contributed by atoms with van der Waals surface area (Å²) in [6.07, 6.45) is 30.8. The van der Waals surface area contributed by atoms with Gasteiger partial charge < -0.3 is 14.4 Å². The summed E-state index contributed by atoms with van der Waals surface area (Å²) in [6.45, 7) is 39.1. The van der Waals surface area contributed by atoms with E-state index in [1.807, 2.05) is 16.7 Å². The second kappa shape index (κ2) is 20.7. The Balaban J connectivity index is 0.000000206. The molecule has 1 N–H and O–H groups in total. The number of rotatable bonds is 10. The van der Waals surface area contributed by atoms with Crippen LogP contribution in [0.25, 0.3) is 0 Å². The van der Waals surface area contributed by atoms with Crippen molar-refractivity contribution in [1.82, 2.24) is 10.1 Å². The van der Waals surface area contributed by atoms with Crippen molar-refractivity contribution >= 4 is 21.4 Å². The zero-order chi connectivity index (χ0) is 52.3. The van der Waals surface area contributed by atoms with Crippen LogP contribution in [0.5, 0.6) is 0 Å². The Morgan fingerprint density at radius 1 is 0.662 bits per heavy atom. The van der Waals surface area contributed by atoms with Gasteiger partial charge in [-0.25, -0.2) is 4.79 Å². The van der Waals surface area contributed by atoms with Crippen LogP contribution in [0.2, 0.25) is 0 Å². The van der Waals surface area contributed by atoms with E-state index in [4.69, 9.17) is 17.0 Å². The number of esters is 1. The first-order valence-electron chi connectivity index (χ1n) is 28.6. The first kappa shape index (κ1) is 56.4. The van der Waals surface area contributed by atoms with E-state index in [-0.39, 0.29) is 42.0 Å². The molecule has 0 amide bonds. The number of fused-ring (bicyclic) bond motifs is 8. The van der Waals surface area contributed by atoms with Gasteiger partial charge in [-0.2, -0.15) is 12.7 Å². The highest BCUT2D eigenvalue weighted by Gasteiger charge is 2.65. The number of aliphatic hydroxyl groups is 1. The molecule has 2 unspecified atom stereocenters. The van der Waals surface area contributed by atoms with Gasteiger partial charge in [-0.1, -0.05) is 142 Å². The smallest absolute Gasteiger partial charge is 0.380 e. The summed E-state index contributed by atoms with van der Waals surface area (Å²) in [5.41, 5.74) is 12.2. The van der Waals surface area contributed by atoms with Crippen LogP contribution in [0, 0.1) is 78.8 Å². The maximum absolute atomic E-state index is 12.7. The molecular weight excluding hydrogens is 870 g/mol. The molecule has 0 spiro atoms. The van der Waals surface area contributed by atoms with Crippen LogP contribution in [0.15, 0.2) is 56.5 Å². The standard InChI is InChI=1S/C33H50N2O3.C30H50O.B2H3/c1-21(2)10-9-11-22(3)23-14-18-33(8)25-12-13-26-30(4,5)27(38-29(36)28-34-20-37-35-28)16-17-31(26,6)24(25)15-19-32(23,33)7;1-20(2)10-9-11-21(3)22-14-18-30(8)24-12-13-25-27(4,5)26(31)16-17-28(25,6)23(24)15-19-29(22,30)7;1-2/h10,20,22-23,26-27H,9,11-19H2,1-8H3;10,21-22,25-26,31H,9,11-19H2,1-8H3;1H3/q;;-1/t22-,23-,26?,27+,31-,32-,33+;21-,22-,25?,26+,28-,29-,30+;/m11./s1. The highest BCUT2D eigenvalue weighted by Crippen LogP contribution is 2.74. The Morgan fingerprint density at radius 2 is 1.11 bits per heavy atom. The molecule has 1 aromatic heterocycles. The molecule has 0 saturated heterocycles. The first-order valence-corrected chi connectivity index (χ1v) is 28.6. The molecule has 0 aromatic carbocycles. The summed E-state index contributed by atoms with van der Waals surface area (Å²) in [5.74, 6) is 3.96. The van der Waals surface area contributed by atoms with Crippen molar-refractivity contribution in [2.24, 2.45) is 78.8 Å². The summed E-state index contributed by atoms with van der Waals surface area (Å²) in [4.78, 5) is 16.6. The normalized spacial score (nSPS) is 40.3. The van der Waals surface area contributed by atoms with Crippen molar-refractivity contribution in [3.63, 3.8) is 0 Å². The Kier molecular flexibility index (Phi) is 16.4. The maximum Gasteiger partial charge on any atom is 0.380 e. The monoisotopic (exact) mass is 974 g/mol. The van der Waals surface area contributed by atoms with E-state index in [2.05, 4.69) is 133 Å². The lowest BCUT2D eigenvalue weighted by Gasteiger charge is -2.62. The topological polar surface area (TPSA) is 85.5 Å². The van der Waals surface area contributed by atoms with Gasteiger partial charge in [0.2, 0.25) is 6.39 Å². The molecule has 0 aliphatic heterocycles. The molecule has 396 valence electrons. The molecule has 8 heteroatoms. The Morgan fingerprint density at radius 3 is 1.55 bits per heavy atom. The molecule has 1 aromatic rings. The van der Waals surface area contributed by atoms with Crippen molar-refractivity contribution in [3.05, 3.63) is 57.8 Å². The molecule has 8 aliphatic rings. The quantitative estimate of drug-likeness (QED) is 0.143. The molecule has 71 heavy (non-hydrogen) atoms. The van der Waals surface area contributed by atoms with Gasteiger partial charge in [-0.05, 0) is 230 Å². The van der Waals surface area contributed by atoms with Gasteiger partial charge in [0, 0.05) is 5.41 Å². The van der Waals surface area contributed by atoms with Crippen molar-refractivity contribution < 1.29 is 19.2 Å². The molecule has 4 fully saturated rings. The summed E-state index contributed by atoms with van der Waals surface area (Å²) in [7, 11) is 5.00. The van der Waals surface area contributed by atoms with Gasteiger partial charge in [-0.15, -0.1) is 0 Å². The number of hydrogen-bond acceptors (Lipinski definition) is 6. The highest BCUT2D eigenvalue weighted by molar-refractivity contribution is 6.75. The van der Waals surface area contributed by atoms with Crippen LogP contribution in [-0.4, -0.2) is 48.9 Å². The van der Waals surface area contributed by atoms with Crippen molar-refractivity contribution in [1.29, 1.82) is 0 Å². The van der Waals surface area contributed by atoms with E-state index in [0.29, 0.717) is 38.9 Å². The minimum atomic E-state index is -0.465. The molecule has 9 rings (SSSR count). The summed E-state index contributed by atoms with van der Waals surface area (Å²) in [6, 6.07) is 0. The van der Waals surface area contributed by atoms with Crippen LogP contribution in [0.4, 0.5) is 0 Å². The lowest BCUT2D eigenvalue weighted by Crippen LogP contribution is -2.55. The van der Waals surface area contributed by atoms with E-state index >= 15 is 0 Å². The number of hydrogen-bond donors (Lipinski definition) is 1. The zero-order valence-electron chi connectivity index (χ0n) is 47.6. The largest absolute Gasteiger partial charge is 0.456 e. The average molecular weight is 974 g/mol. The third kappa shape index (κ3) is 9.35. The fraction of sp³-hybridized carbons (Fsp3) is 0.825. The first-order chi connectivity index (χ1) is 33.2. The fourth-order valence-electron chi connectivity index (χ4n) is 19.6. The van der Waals surface area contributed by atoms with Gasteiger partial charge in [0.05, 0.1) is 6.10 Å². The van der Waals surface area contributed by atoms with E-state index in [0.717, 1.165) is 42.9 Å². The molecule has 0 bridgehead atoms. The van der Waals surface area contributed by atoms with Crippen LogP contribution >= 0.6 is 0 Å². The molecular formula is C63H103B2N2O4-. The van der Waals surface area contributed by atoms with Crippen molar-refractivity contribution in [2.45, 2.75) is 251 Å². The van der Waals surface area contributed by atoms with Crippen LogP contribution < -0.4 is 0 Å². The van der Waals surface area contributed by atoms with Crippen LogP contribution in [0.1, 0.15) is 250 Å². The fourth-order valence-corrected chi connectivity index (χ4v) is 19.6. The van der Waals surface area contributed by atoms with Gasteiger partial charge >= 0.3 is 5.97 Å². The number of allylic oxidation sites excluding steroid dienone is 8. The van der Waals surface area contributed by atoms with Gasteiger partial charge in [0.15, 0.2) is 0 Å². The van der Waals surface area contributed by atoms with Gasteiger partial charge in [0.1, 0.15) is 6.10 Å². The summed E-state index contributed by atoms with van der Waals surface area (Å²) in [5, 5.41) is 14.5. The lowest BCUT2D eigenvalue weighted by molar-refractivity contribution is -0.104. The number of aliphatic hydroxyl groups excluding tert-OH is 1. The molecule has 8 aliphatic carbocycles. The SMILES string of the molecule is CC(C)=CCC[C@@H](C)[C@H]1CC[C@@]2(C)C3=C(CC[C@]12C)[C@@]1(C)CC[C@H](O)C(C)(C)C1CC3.CC(C)=CCC[C@@H](C)[C@H]1CC[C@@]2(C)C3=C(CC[C@]12C)[C@@]1(C)CC[C@H](OC(=O)c2ncon2)C(C)(C)C1CC3.[B][BH3-].